The van der Waals surface area contributed by atoms with Gasteiger partial charge in [0.1, 0.15) is 0 Å². The lowest BCUT2D eigenvalue weighted by Gasteiger charge is -2.39. The molecule has 0 radical (unpaired) electrons. The molecule has 3 rings (SSSR count). The van der Waals surface area contributed by atoms with E-state index < -0.39 is 5.60 Å². The van der Waals surface area contributed by atoms with E-state index in [0.717, 1.165) is 31.2 Å². The first-order valence-corrected chi connectivity index (χ1v) is 8.12. The van der Waals surface area contributed by atoms with E-state index in [1.54, 1.807) is 0 Å². The molecule has 1 saturated carbocycles. The van der Waals surface area contributed by atoms with Gasteiger partial charge in [-0.3, -0.25) is 4.98 Å². The van der Waals surface area contributed by atoms with E-state index in [9.17, 15) is 5.11 Å². The van der Waals surface area contributed by atoms with Gasteiger partial charge in [-0.15, -0.1) is 0 Å². The summed E-state index contributed by atoms with van der Waals surface area (Å²) in [6, 6.07) is 10.3. The standard InChI is InChI=1S/C19H25NO/c1-14(2)15-6-5-10-19(21,12-15)13-16-9-11-20-18-8-4-3-7-17(16)18/h3-4,7-9,11,14-15,21H,5-6,10,12-13H2,1-2H3. The summed E-state index contributed by atoms with van der Waals surface area (Å²) in [4.78, 5) is 4.42. The third kappa shape index (κ3) is 3.11. The lowest BCUT2D eigenvalue weighted by Crippen LogP contribution is -2.38. The van der Waals surface area contributed by atoms with Gasteiger partial charge in [-0.1, -0.05) is 38.5 Å². The maximum atomic E-state index is 11.1. The van der Waals surface area contributed by atoms with Crippen molar-refractivity contribution in [1.29, 1.82) is 0 Å². The molecule has 0 bridgehead atoms. The molecule has 1 heterocycles. The summed E-state index contributed by atoms with van der Waals surface area (Å²) in [7, 11) is 0. The van der Waals surface area contributed by atoms with Gasteiger partial charge < -0.3 is 5.11 Å². The molecule has 0 aliphatic heterocycles. The predicted molar refractivity (Wildman–Crippen MR) is 87.2 cm³/mol. The molecule has 2 heteroatoms. The number of para-hydroxylation sites is 1. The highest BCUT2D eigenvalue weighted by molar-refractivity contribution is 5.81. The average molecular weight is 283 g/mol. The number of hydrogen-bond donors (Lipinski definition) is 1. The minimum atomic E-state index is -0.544. The zero-order valence-corrected chi connectivity index (χ0v) is 13.0. The number of benzene rings is 1. The molecule has 2 atom stereocenters. The zero-order chi connectivity index (χ0) is 14.9. The Balaban J connectivity index is 1.87. The summed E-state index contributed by atoms with van der Waals surface area (Å²) >= 11 is 0. The van der Waals surface area contributed by atoms with Crippen LogP contribution in [0, 0.1) is 11.8 Å². The SMILES string of the molecule is CC(C)C1CCCC(O)(Cc2ccnc3ccccc23)C1. The molecule has 2 aromatic rings. The van der Waals surface area contributed by atoms with E-state index in [4.69, 9.17) is 0 Å². The van der Waals surface area contributed by atoms with Crippen molar-refractivity contribution in [3.8, 4) is 0 Å². The summed E-state index contributed by atoms with van der Waals surface area (Å²) in [5, 5.41) is 12.3. The van der Waals surface area contributed by atoms with Gasteiger partial charge in [-0.25, -0.2) is 0 Å². The van der Waals surface area contributed by atoms with Gasteiger partial charge in [-0.2, -0.15) is 0 Å². The number of rotatable bonds is 3. The molecule has 1 aliphatic carbocycles. The molecule has 0 saturated heterocycles. The molecular weight excluding hydrogens is 258 g/mol. The van der Waals surface area contributed by atoms with Crippen LogP contribution < -0.4 is 0 Å². The third-order valence-corrected chi connectivity index (χ3v) is 5.06. The first-order chi connectivity index (χ1) is 10.1. The van der Waals surface area contributed by atoms with Crippen molar-refractivity contribution in [1.82, 2.24) is 4.98 Å². The number of fused-ring (bicyclic) bond motifs is 1. The minimum Gasteiger partial charge on any atom is -0.390 e. The summed E-state index contributed by atoms with van der Waals surface area (Å²) in [5.74, 6) is 1.31. The molecule has 1 aliphatic rings. The van der Waals surface area contributed by atoms with Gasteiger partial charge in [0.05, 0.1) is 11.1 Å². The summed E-state index contributed by atoms with van der Waals surface area (Å²) in [6.45, 7) is 4.55. The number of aliphatic hydroxyl groups is 1. The van der Waals surface area contributed by atoms with Crippen LogP contribution in [0.3, 0.4) is 0 Å². The fourth-order valence-electron chi connectivity index (χ4n) is 3.78. The lowest BCUT2D eigenvalue weighted by molar-refractivity contribution is -0.0237. The second kappa shape index (κ2) is 5.76. The van der Waals surface area contributed by atoms with E-state index in [1.807, 2.05) is 18.3 Å². The van der Waals surface area contributed by atoms with Crippen molar-refractivity contribution in [2.24, 2.45) is 11.8 Å². The predicted octanol–water partition coefficient (Wildman–Crippen LogP) is 4.35. The van der Waals surface area contributed by atoms with E-state index >= 15 is 0 Å². The second-order valence-corrected chi connectivity index (χ2v) is 6.99. The third-order valence-electron chi connectivity index (χ3n) is 5.06. The molecule has 112 valence electrons. The topological polar surface area (TPSA) is 33.1 Å². The first kappa shape index (κ1) is 14.5. The number of pyridine rings is 1. The Morgan fingerprint density at radius 2 is 2.10 bits per heavy atom. The maximum Gasteiger partial charge on any atom is 0.0704 e. The van der Waals surface area contributed by atoms with Crippen LogP contribution in [0.1, 0.15) is 45.1 Å². The monoisotopic (exact) mass is 283 g/mol. The van der Waals surface area contributed by atoms with Crippen molar-refractivity contribution in [3.63, 3.8) is 0 Å². The van der Waals surface area contributed by atoms with Crippen LogP contribution in [0.15, 0.2) is 36.5 Å². The fourth-order valence-corrected chi connectivity index (χ4v) is 3.78. The lowest BCUT2D eigenvalue weighted by atomic mass is 9.71. The van der Waals surface area contributed by atoms with Crippen molar-refractivity contribution in [2.75, 3.05) is 0 Å². The molecule has 1 N–H and O–H groups in total. The largest absolute Gasteiger partial charge is 0.390 e. The molecule has 0 spiro atoms. The Kier molecular flexibility index (Phi) is 3.99. The van der Waals surface area contributed by atoms with Crippen LogP contribution in [-0.2, 0) is 6.42 Å². The van der Waals surface area contributed by atoms with Crippen molar-refractivity contribution in [2.45, 2.75) is 51.6 Å². The van der Waals surface area contributed by atoms with Crippen LogP contribution in [0.25, 0.3) is 10.9 Å². The molecule has 21 heavy (non-hydrogen) atoms. The number of nitrogens with zero attached hydrogens (tertiary/aromatic N) is 1. The van der Waals surface area contributed by atoms with E-state index in [2.05, 4.69) is 37.0 Å². The Labute approximate surface area is 127 Å². The normalized spacial score (nSPS) is 26.4. The average Bonchev–Trinajstić information content (AvgIpc) is 2.47. The van der Waals surface area contributed by atoms with Crippen LogP contribution in [-0.4, -0.2) is 15.7 Å². The number of hydrogen-bond acceptors (Lipinski definition) is 2. The van der Waals surface area contributed by atoms with Crippen molar-refractivity contribution in [3.05, 3.63) is 42.1 Å². The highest BCUT2D eigenvalue weighted by atomic mass is 16.3. The minimum absolute atomic E-state index is 0.544. The van der Waals surface area contributed by atoms with Gasteiger partial charge in [-0.05, 0) is 48.8 Å². The van der Waals surface area contributed by atoms with Crippen molar-refractivity contribution >= 4 is 10.9 Å². The Hall–Kier alpha value is -1.41. The molecule has 2 unspecified atom stereocenters. The highest BCUT2D eigenvalue weighted by Crippen LogP contribution is 2.38. The Morgan fingerprint density at radius 1 is 1.29 bits per heavy atom. The maximum absolute atomic E-state index is 11.1. The first-order valence-electron chi connectivity index (χ1n) is 8.12. The molecule has 1 fully saturated rings. The quantitative estimate of drug-likeness (QED) is 0.908. The fraction of sp³-hybridized carbons (Fsp3) is 0.526. The molecule has 2 nitrogen and oxygen atoms in total. The van der Waals surface area contributed by atoms with Crippen LogP contribution in [0.5, 0.6) is 0 Å². The van der Waals surface area contributed by atoms with Gasteiger partial charge in [0, 0.05) is 18.0 Å². The summed E-state index contributed by atoms with van der Waals surface area (Å²) in [6.07, 6.45) is 6.87. The van der Waals surface area contributed by atoms with Gasteiger partial charge in [0.25, 0.3) is 0 Å². The van der Waals surface area contributed by atoms with Crippen LogP contribution in [0.2, 0.25) is 0 Å². The summed E-state index contributed by atoms with van der Waals surface area (Å²) < 4.78 is 0. The Morgan fingerprint density at radius 3 is 2.90 bits per heavy atom. The molecular formula is C19H25NO. The second-order valence-electron chi connectivity index (χ2n) is 6.99. The van der Waals surface area contributed by atoms with Gasteiger partial charge >= 0.3 is 0 Å². The van der Waals surface area contributed by atoms with E-state index in [1.165, 1.54) is 17.4 Å². The van der Waals surface area contributed by atoms with Crippen LogP contribution in [0.4, 0.5) is 0 Å². The highest BCUT2D eigenvalue weighted by Gasteiger charge is 2.35. The van der Waals surface area contributed by atoms with E-state index in [0.29, 0.717) is 11.8 Å². The Bertz CT molecular complexity index is 616. The molecule has 0 amide bonds. The smallest absolute Gasteiger partial charge is 0.0704 e. The number of aromatic nitrogens is 1. The van der Waals surface area contributed by atoms with Crippen LogP contribution >= 0.6 is 0 Å². The summed E-state index contributed by atoms with van der Waals surface area (Å²) in [5.41, 5.74) is 1.71. The van der Waals surface area contributed by atoms with Gasteiger partial charge in [0.15, 0.2) is 0 Å². The molecule has 1 aromatic carbocycles. The van der Waals surface area contributed by atoms with Gasteiger partial charge in [0.2, 0.25) is 0 Å². The van der Waals surface area contributed by atoms with E-state index in [-0.39, 0.29) is 0 Å². The van der Waals surface area contributed by atoms with Crippen molar-refractivity contribution < 1.29 is 5.11 Å². The molecule has 1 aromatic heterocycles. The zero-order valence-electron chi connectivity index (χ0n) is 13.0.